The highest BCUT2D eigenvalue weighted by atomic mass is 16.5. The van der Waals surface area contributed by atoms with Crippen molar-refractivity contribution in [1.82, 2.24) is 15.0 Å². The summed E-state index contributed by atoms with van der Waals surface area (Å²) < 4.78 is 10.6. The second kappa shape index (κ2) is 8.90. The van der Waals surface area contributed by atoms with Crippen molar-refractivity contribution < 1.29 is 9.47 Å². The Morgan fingerprint density at radius 3 is 2.54 bits per heavy atom. The summed E-state index contributed by atoms with van der Waals surface area (Å²) in [5.41, 5.74) is 8.68. The fourth-order valence-electron chi connectivity index (χ4n) is 2.73. The van der Waals surface area contributed by atoms with Crippen LogP contribution in [-0.2, 0) is 6.42 Å². The van der Waals surface area contributed by atoms with Crippen LogP contribution in [0.15, 0.2) is 42.7 Å². The molecule has 0 unspecified atom stereocenters. The highest BCUT2D eigenvalue weighted by molar-refractivity contribution is 5.76. The van der Waals surface area contributed by atoms with Crippen molar-refractivity contribution in [2.75, 3.05) is 37.1 Å². The average molecular weight is 380 g/mol. The number of aromatic nitrogens is 3. The summed E-state index contributed by atoms with van der Waals surface area (Å²) in [6, 6.07) is 11.6. The molecule has 0 aliphatic carbocycles. The van der Waals surface area contributed by atoms with Crippen LogP contribution in [0.5, 0.6) is 11.5 Å². The van der Waals surface area contributed by atoms with Gasteiger partial charge < -0.3 is 25.8 Å². The number of methoxy groups -OCH3 is 2. The lowest BCUT2D eigenvalue weighted by molar-refractivity contribution is 0.354. The largest absolute Gasteiger partial charge is 0.493 e. The number of nitrogens with two attached hydrogens (primary N) is 1. The molecule has 28 heavy (non-hydrogen) atoms. The van der Waals surface area contributed by atoms with E-state index < -0.39 is 0 Å². The summed E-state index contributed by atoms with van der Waals surface area (Å²) in [5, 5.41) is 6.39. The fraction of sp³-hybridized carbons (Fsp3) is 0.250. The Morgan fingerprint density at radius 1 is 1.00 bits per heavy atom. The van der Waals surface area contributed by atoms with Gasteiger partial charge in [-0.3, -0.25) is 0 Å². The highest BCUT2D eigenvalue weighted by Gasteiger charge is 2.09. The first-order valence-electron chi connectivity index (χ1n) is 8.86. The number of nitrogens with one attached hydrogen (secondary N) is 2. The standard InChI is InChI=1S/C20H24N6O2/c1-13-5-4-6-17(25-13)26-20-18(21)19(23-12-24-20)22-10-9-14-7-8-15(27-2)16(11-14)28-3/h4-8,11-12H,9-10,21H2,1-3H3,(H2,22,23,24,25,26). The molecule has 8 heteroatoms. The van der Waals surface area contributed by atoms with Crippen molar-refractivity contribution in [2.45, 2.75) is 13.3 Å². The minimum atomic E-state index is 0.443. The molecule has 146 valence electrons. The third-order valence-corrected chi connectivity index (χ3v) is 4.17. The van der Waals surface area contributed by atoms with Crippen molar-refractivity contribution in [3.63, 3.8) is 0 Å². The van der Waals surface area contributed by atoms with Crippen LogP contribution in [0, 0.1) is 6.92 Å². The Labute approximate surface area is 164 Å². The van der Waals surface area contributed by atoms with Crippen LogP contribution in [0.25, 0.3) is 0 Å². The molecule has 0 saturated carbocycles. The van der Waals surface area contributed by atoms with E-state index in [1.54, 1.807) is 14.2 Å². The molecule has 0 radical (unpaired) electrons. The molecule has 3 rings (SSSR count). The van der Waals surface area contributed by atoms with Crippen molar-refractivity contribution in [2.24, 2.45) is 0 Å². The van der Waals surface area contributed by atoms with Crippen LogP contribution in [0.4, 0.5) is 23.1 Å². The summed E-state index contributed by atoms with van der Waals surface area (Å²) in [4.78, 5) is 12.9. The van der Waals surface area contributed by atoms with Gasteiger partial charge in [0, 0.05) is 12.2 Å². The van der Waals surface area contributed by atoms with Gasteiger partial charge in [-0.05, 0) is 43.2 Å². The lowest BCUT2D eigenvalue weighted by Gasteiger charge is -2.13. The van der Waals surface area contributed by atoms with E-state index in [1.807, 2.05) is 43.3 Å². The number of rotatable bonds is 8. The first-order chi connectivity index (χ1) is 13.6. The Morgan fingerprint density at radius 2 is 1.79 bits per heavy atom. The van der Waals surface area contributed by atoms with Crippen LogP contribution < -0.4 is 25.8 Å². The summed E-state index contributed by atoms with van der Waals surface area (Å²) in [6.07, 6.45) is 2.24. The monoisotopic (exact) mass is 380 g/mol. The van der Waals surface area contributed by atoms with Crippen LogP contribution in [0.2, 0.25) is 0 Å². The molecule has 0 amide bonds. The third-order valence-electron chi connectivity index (χ3n) is 4.17. The number of ether oxygens (including phenoxy) is 2. The van der Waals surface area contributed by atoms with E-state index in [0.717, 1.165) is 17.7 Å². The molecule has 1 aromatic carbocycles. The van der Waals surface area contributed by atoms with Crippen LogP contribution >= 0.6 is 0 Å². The zero-order valence-electron chi connectivity index (χ0n) is 16.2. The lowest BCUT2D eigenvalue weighted by atomic mass is 10.1. The number of pyridine rings is 1. The van der Waals surface area contributed by atoms with Crippen molar-refractivity contribution in [3.05, 3.63) is 54.0 Å². The van der Waals surface area contributed by atoms with Crippen LogP contribution in [0.3, 0.4) is 0 Å². The highest BCUT2D eigenvalue weighted by Crippen LogP contribution is 2.28. The normalized spacial score (nSPS) is 10.4. The maximum absolute atomic E-state index is 6.22. The number of hydrogen-bond donors (Lipinski definition) is 3. The number of benzene rings is 1. The first-order valence-corrected chi connectivity index (χ1v) is 8.86. The summed E-state index contributed by atoms with van der Waals surface area (Å²) in [6.45, 7) is 2.58. The summed E-state index contributed by atoms with van der Waals surface area (Å²) >= 11 is 0. The van der Waals surface area contributed by atoms with Gasteiger partial charge in [0.25, 0.3) is 0 Å². The minimum Gasteiger partial charge on any atom is -0.493 e. The Hall–Kier alpha value is -3.55. The van der Waals surface area contributed by atoms with E-state index in [2.05, 4.69) is 25.6 Å². The molecule has 2 aromatic heterocycles. The first kappa shape index (κ1) is 19.2. The van der Waals surface area contributed by atoms with Gasteiger partial charge in [0.15, 0.2) is 23.1 Å². The second-order valence-electron chi connectivity index (χ2n) is 6.14. The minimum absolute atomic E-state index is 0.443. The van der Waals surface area contributed by atoms with Gasteiger partial charge in [-0.2, -0.15) is 0 Å². The molecular weight excluding hydrogens is 356 g/mol. The second-order valence-corrected chi connectivity index (χ2v) is 6.14. The van der Waals surface area contributed by atoms with Gasteiger partial charge in [0.2, 0.25) is 0 Å². The van der Waals surface area contributed by atoms with Gasteiger partial charge in [-0.15, -0.1) is 0 Å². The number of nitrogens with zero attached hydrogens (tertiary/aromatic N) is 3. The van der Waals surface area contributed by atoms with Crippen molar-refractivity contribution in [3.8, 4) is 11.5 Å². The topological polar surface area (TPSA) is 107 Å². The van der Waals surface area contributed by atoms with Gasteiger partial charge in [0.1, 0.15) is 17.8 Å². The Kier molecular flexibility index (Phi) is 6.11. The molecule has 8 nitrogen and oxygen atoms in total. The van der Waals surface area contributed by atoms with Crippen molar-refractivity contribution >= 4 is 23.1 Å². The van der Waals surface area contributed by atoms with E-state index in [-0.39, 0.29) is 0 Å². The van der Waals surface area contributed by atoms with Gasteiger partial charge in [-0.1, -0.05) is 12.1 Å². The number of nitrogen functional groups attached to an aromatic ring is 1. The SMILES string of the molecule is COc1ccc(CCNc2ncnc(Nc3cccc(C)n3)c2N)cc1OC. The van der Waals surface area contributed by atoms with E-state index in [1.165, 1.54) is 6.33 Å². The van der Waals surface area contributed by atoms with E-state index in [9.17, 15) is 0 Å². The van der Waals surface area contributed by atoms with E-state index in [4.69, 9.17) is 15.2 Å². The predicted molar refractivity (Wildman–Crippen MR) is 110 cm³/mol. The molecule has 0 spiro atoms. The molecule has 0 saturated heterocycles. The van der Waals surface area contributed by atoms with Gasteiger partial charge >= 0.3 is 0 Å². The number of hydrogen-bond acceptors (Lipinski definition) is 8. The lowest BCUT2D eigenvalue weighted by Crippen LogP contribution is -2.11. The number of aryl methyl sites for hydroxylation is 1. The molecule has 0 bridgehead atoms. The smallest absolute Gasteiger partial charge is 0.160 e. The summed E-state index contributed by atoms with van der Waals surface area (Å²) in [5.74, 6) is 3.19. The molecule has 3 aromatic rings. The Bertz CT molecular complexity index is 948. The molecule has 0 atom stereocenters. The quantitative estimate of drug-likeness (QED) is 0.547. The molecular formula is C20H24N6O2. The fourth-order valence-corrected chi connectivity index (χ4v) is 2.73. The van der Waals surface area contributed by atoms with Crippen LogP contribution in [0.1, 0.15) is 11.3 Å². The molecule has 0 fully saturated rings. The average Bonchev–Trinajstić information content (AvgIpc) is 2.70. The summed E-state index contributed by atoms with van der Waals surface area (Å²) in [7, 11) is 3.24. The van der Waals surface area contributed by atoms with Crippen molar-refractivity contribution in [1.29, 1.82) is 0 Å². The zero-order chi connectivity index (χ0) is 19.9. The molecule has 4 N–H and O–H groups in total. The zero-order valence-corrected chi connectivity index (χ0v) is 16.2. The Balaban J connectivity index is 1.65. The molecule has 0 aliphatic heterocycles. The maximum Gasteiger partial charge on any atom is 0.160 e. The third kappa shape index (κ3) is 4.59. The van der Waals surface area contributed by atoms with E-state index >= 15 is 0 Å². The molecule has 2 heterocycles. The van der Waals surface area contributed by atoms with Crippen LogP contribution in [-0.4, -0.2) is 35.7 Å². The number of anilines is 4. The van der Waals surface area contributed by atoms with Gasteiger partial charge in [0.05, 0.1) is 14.2 Å². The molecule has 0 aliphatic rings. The predicted octanol–water partition coefficient (Wildman–Crippen LogP) is 3.18. The van der Waals surface area contributed by atoms with Gasteiger partial charge in [-0.25, -0.2) is 15.0 Å². The maximum atomic E-state index is 6.22. The van der Waals surface area contributed by atoms with E-state index in [0.29, 0.717) is 41.2 Å².